The molecule has 0 spiro atoms. The van der Waals surface area contributed by atoms with Crippen LogP contribution in [-0.4, -0.2) is 42.4 Å². The number of ether oxygens (including phenoxy) is 2. The lowest BCUT2D eigenvalue weighted by Crippen LogP contribution is -2.36. The molecule has 1 amide bonds. The van der Waals surface area contributed by atoms with Gasteiger partial charge in [0.25, 0.3) is 0 Å². The van der Waals surface area contributed by atoms with E-state index in [0.29, 0.717) is 5.56 Å². The molecule has 128 valence electrons. The first-order chi connectivity index (χ1) is 10.6. The molecule has 0 unspecified atom stereocenters. The molecule has 0 N–H and O–H groups in total. The van der Waals surface area contributed by atoms with Crippen molar-refractivity contribution in [2.24, 2.45) is 0 Å². The first kappa shape index (κ1) is 17.7. The number of esters is 1. The lowest BCUT2D eigenvalue weighted by Gasteiger charge is -2.27. The highest BCUT2D eigenvalue weighted by Gasteiger charge is 2.39. The molecular formula is C16H22FNO4S. The van der Waals surface area contributed by atoms with Crippen LogP contribution in [0.5, 0.6) is 0 Å². The predicted octanol–water partition coefficient (Wildman–Crippen LogP) is 3.86. The van der Waals surface area contributed by atoms with Crippen LogP contribution < -0.4 is 0 Å². The molecule has 0 aliphatic carbocycles. The Morgan fingerprint density at radius 2 is 2.04 bits per heavy atom. The van der Waals surface area contributed by atoms with Crippen LogP contribution in [0.4, 0.5) is 9.18 Å². The minimum Gasteiger partial charge on any atom is -0.465 e. The van der Waals surface area contributed by atoms with Gasteiger partial charge in [-0.1, -0.05) is 0 Å². The number of rotatable bonds is 2. The summed E-state index contributed by atoms with van der Waals surface area (Å²) in [7, 11) is 1.32. The molecule has 7 heteroatoms. The van der Waals surface area contributed by atoms with E-state index in [0.717, 1.165) is 9.75 Å². The van der Waals surface area contributed by atoms with Crippen molar-refractivity contribution in [3.63, 3.8) is 0 Å². The predicted molar refractivity (Wildman–Crippen MR) is 85.6 cm³/mol. The molecule has 1 aromatic rings. The molecule has 0 radical (unpaired) electrons. The summed E-state index contributed by atoms with van der Waals surface area (Å²) in [5.41, 5.74) is -0.183. The van der Waals surface area contributed by atoms with Crippen LogP contribution in [0.25, 0.3) is 0 Å². The van der Waals surface area contributed by atoms with Crippen LogP contribution in [0, 0.1) is 6.92 Å². The smallest absolute Gasteiger partial charge is 0.410 e. The highest BCUT2D eigenvalue weighted by Crippen LogP contribution is 2.39. The van der Waals surface area contributed by atoms with Gasteiger partial charge in [-0.3, -0.25) is 4.90 Å². The molecule has 1 aliphatic rings. The third-order valence-corrected chi connectivity index (χ3v) is 4.70. The van der Waals surface area contributed by atoms with Gasteiger partial charge in [-0.2, -0.15) is 0 Å². The van der Waals surface area contributed by atoms with Gasteiger partial charge in [0.15, 0.2) is 0 Å². The minimum absolute atomic E-state index is 0.00405. The number of alkyl halides is 1. The molecule has 0 bridgehead atoms. The zero-order valence-corrected chi connectivity index (χ0v) is 14.8. The fourth-order valence-electron chi connectivity index (χ4n) is 2.56. The maximum atomic E-state index is 13.9. The Bertz CT molecular complexity index is 608. The largest absolute Gasteiger partial charge is 0.465 e. The molecule has 1 saturated heterocycles. The van der Waals surface area contributed by atoms with Gasteiger partial charge in [-0.25, -0.2) is 14.0 Å². The Balaban J connectivity index is 2.26. The fourth-order valence-corrected chi connectivity index (χ4v) is 3.70. The normalized spacial score (nSPS) is 21.4. The first-order valence-electron chi connectivity index (χ1n) is 7.44. The van der Waals surface area contributed by atoms with E-state index in [2.05, 4.69) is 0 Å². The number of carbonyl (C=O) groups excluding carboxylic acids is 2. The summed E-state index contributed by atoms with van der Waals surface area (Å²) in [4.78, 5) is 27.0. The highest BCUT2D eigenvalue weighted by molar-refractivity contribution is 7.12. The van der Waals surface area contributed by atoms with Crippen LogP contribution in [0.15, 0.2) is 6.07 Å². The van der Waals surface area contributed by atoms with Gasteiger partial charge in [0, 0.05) is 16.2 Å². The molecule has 1 fully saturated rings. The number of amides is 1. The van der Waals surface area contributed by atoms with E-state index in [1.165, 1.54) is 23.3 Å². The second-order valence-electron chi connectivity index (χ2n) is 6.59. The van der Waals surface area contributed by atoms with Gasteiger partial charge in [0.2, 0.25) is 0 Å². The number of nitrogens with zero attached hydrogens (tertiary/aromatic N) is 1. The van der Waals surface area contributed by atoms with Crippen LogP contribution in [0.3, 0.4) is 0 Å². The first-order valence-corrected chi connectivity index (χ1v) is 8.26. The van der Waals surface area contributed by atoms with Crippen molar-refractivity contribution in [2.75, 3.05) is 13.7 Å². The van der Waals surface area contributed by atoms with Crippen molar-refractivity contribution in [2.45, 2.75) is 51.9 Å². The minimum atomic E-state index is -1.10. The van der Waals surface area contributed by atoms with Crippen molar-refractivity contribution in [3.05, 3.63) is 21.4 Å². The molecule has 2 atom stereocenters. The van der Waals surface area contributed by atoms with Gasteiger partial charge in [0.1, 0.15) is 11.8 Å². The zero-order valence-electron chi connectivity index (χ0n) is 14.0. The van der Waals surface area contributed by atoms with E-state index in [1.807, 2.05) is 0 Å². The average molecular weight is 343 g/mol. The van der Waals surface area contributed by atoms with Crippen LogP contribution >= 0.6 is 11.3 Å². The van der Waals surface area contributed by atoms with E-state index in [1.54, 1.807) is 33.8 Å². The Morgan fingerprint density at radius 1 is 1.39 bits per heavy atom. The number of halogens is 1. The second-order valence-corrected chi connectivity index (χ2v) is 7.88. The van der Waals surface area contributed by atoms with E-state index < -0.39 is 29.9 Å². The third kappa shape index (κ3) is 4.02. The van der Waals surface area contributed by atoms with Gasteiger partial charge >= 0.3 is 12.1 Å². The summed E-state index contributed by atoms with van der Waals surface area (Å²) in [5, 5.41) is 0. The van der Waals surface area contributed by atoms with E-state index in [-0.39, 0.29) is 13.0 Å². The number of thiophene rings is 1. The van der Waals surface area contributed by atoms with Crippen molar-refractivity contribution in [1.82, 2.24) is 4.90 Å². The summed E-state index contributed by atoms with van der Waals surface area (Å²) >= 11 is 1.38. The Kier molecular flexibility index (Phi) is 4.98. The molecule has 2 rings (SSSR count). The zero-order chi connectivity index (χ0) is 17.4. The van der Waals surface area contributed by atoms with Crippen molar-refractivity contribution in [1.29, 1.82) is 0 Å². The molecule has 2 heterocycles. The van der Waals surface area contributed by atoms with E-state index in [4.69, 9.17) is 9.47 Å². The van der Waals surface area contributed by atoms with Crippen molar-refractivity contribution < 1.29 is 23.5 Å². The number of hydrogen-bond acceptors (Lipinski definition) is 5. The average Bonchev–Trinajstić information content (AvgIpc) is 2.99. The number of likely N-dealkylation sites (tertiary alicyclic amines) is 1. The number of methoxy groups -OCH3 is 1. The summed E-state index contributed by atoms with van der Waals surface area (Å²) in [6.07, 6.45) is -1.43. The topological polar surface area (TPSA) is 55.8 Å². The Morgan fingerprint density at radius 3 is 2.61 bits per heavy atom. The monoisotopic (exact) mass is 343 g/mol. The molecule has 1 aromatic heterocycles. The molecule has 5 nitrogen and oxygen atoms in total. The maximum absolute atomic E-state index is 13.9. The van der Waals surface area contributed by atoms with Crippen LogP contribution in [0.2, 0.25) is 0 Å². The van der Waals surface area contributed by atoms with Crippen molar-refractivity contribution >= 4 is 23.4 Å². The molecule has 0 aromatic carbocycles. The number of carbonyl (C=O) groups is 2. The van der Waals surface area contributed by atoms with E-state index >= 15 is 0 Å². The molecular weight excluding hydrogens is 321 g/mol. The third-order valence-electron chi connectivity index (χ3n) is 3.55. The summed E-state index contributed by atoms with van der Waals surface area (Å²) in [6.45, 7) is 7.12. The van der Waals surface area contributed by atoms with Gasteiger partial charge < -0.3 is 9.47 Å². The molecule has 1 aliphatic heterocycles. The van der Waals surface area contributed by atoms with Gasteiger partial charge in [-0.05, 0) is 33.8 Å². The second kappa shape index (κ2) is 6.47. The highest BCUT2D eigenvalue weighted by atomic mass is 32.1. The Hall–Kier alpha value is -1.63. The van der Waals surface area contributed by atoms with Crippen LogP contribution in [-0.2, 0) is 9.47 Å². The molecule has 23 heavy (non-hydrogen) atoms. The van der Waals surface area contributed by atoms with Gasteiger partial charge in [-0.15, -0.1) is 11.3 Å². The van der Waals surface area contributed by atoms with Crippen molar-refractivity contribution in [3.8, 4) is 0 Å². The quantitative estimate of drug-likeness (QED) is 0.765. The lowest BCUT2D eigenvalue weighted by molar-refractivity contribution is 0.0219. The number of aryl methyl sites for hydroxylation is 1. The van der Waals surface area contributed by atoms with Crippen LogP contribution in [0.1, 0.15) is 53.3 Å². The SMILES string of the molecule is COC(=O)c1cc([C@H]2C[C@@H](F)CN2C(=O)OC(C)(C)C)sc1C. The summed E-state index contributed by atoms with van der Waals surface area (Å²) < 4.78 is 24.0. The summed E-state index contributed by atoms with van der Waals surface area (Å²) in [6, 6.07) is 1.27. The molecule has 0 saturated carbocycles. The lowest BCUT2D eigenvalue weighted by atomic mass is 10.1. The fraction of sp³-hybridized carbons (Fsp3) is 0.625. The van der Waals surface area contributed by atoms with E-state index in [9.17, 15) is 14.0 Å². The summed E-state index contributed by atoms with van der Waals surface area (Å²) in [5.74, 6) is -0.427. The number of hydrogen-bond donors (Lipinski definition) is 0. The van der Waals surface area contributed by atoms with Gasteiger partial charge in [0.05, 0.1) is 25.3 Å². The Labute approximate surface area is 139 Å². The standard InChI is InChI=1S/C16H22FNO4S/c1-9-11(14(19)21-5)7-13(23-9)12-6-10(17)8-18(12)15(20)22-16(2,3)4/h7,10,12H,6,8H2,1-5H3/t10-,12-/m1/s1. The maximum Gasteiger partial charge on any atom is 0.410 e.